The first-order valence-electron chi connectivity index (χ1n) is 6.55. The quantitative estimate of drug-likeness (QED) is 0.751. The summed E-state index contributed by atoms with van der Waals surface area (Å²) in [4.78, 5) is 13.7. The van der Waals surface area contributed by atoms with Gasteiger partial charge in [0.05, 0.1) is 0 Å². The van der Waals surface area contributed by atoms with Gasteiger partial charge in [-0.05, 0) is 29.8 Å². The lowest BCUT2D eigenvalue weighted by atomic mass is 10.2. The Hall–Kier alpha value is -2.26. The molecule has 0 heterocycles. The molecular weight excluding hydrogens is 286 g/mol. The largest absolute Gasteiger partial charge is 0.444 e. The molecule has 2 aromatic carbocycles. The van der Waals surface area contributed by atoms with Crippen LogP contribution in [0.2, 0.25) is 5.02 Å². The standard InChI is InChI=1S/C17H16ClNO2/c1-2-12-19(16-10-8-15(18)9-11-16)17(20)21-13-14-6-4-3-5-7-14/h2-11H,1,12-13H2. The lowest BCUT2D eigenvalue weighted by molar-refractivity contribution is 0.148. The molecule has 2 aromatic rings. The van der Waals surface area contributed by atoms with Crippen molar-refractivity contribution in [2.24, 2.45) is 0 Å². The maximum absolute atomic E-state index is 12.2. The van der Waals surface area contributed by atoms with Crippen LogP contribution in [0.3, 0.4) is 0 Å². The van der Waals surface area contributed by atoms with Crippen LogP contribution in [0.15, 0.2) is 67.3 Å². The second-order valence-corrected chi connectivity index (χ2v) is 4.85. The number of benzene rings is 2. The summed E-state index contributed by atoms with van der Waals surface area (Å²) in [5.41, 5.74) is 1.66. The smallest absolute Gasteiger partial charge is 0.414 e. The normalized spacial score (nSPS) is 9.95. The molecule has 0 aliphatic carbocycles. The maximum Gasteiger partial charge on any atom is 0.414 e. The molecule has 2 rings (SSSR count). The second kappa shape index (κ2) is 7.50. The van der Waals surface area contributed by atoms with E-state index >= 15 is 0 Å². The van der Waals surface area contributed by atoms with E-state index in [1.807, 2.05) is 30.3 Å². The second-order valence-electron chi connectivity index (χ2n) is 4.42. The van der Waals surface area contributed by atoms with E-state index in [4.69, 9.17) is 16.3 Å². The van der Waals surface area contributed by atoms with Crippen LogP contribution in [-0.2, 0) is 11.3 Å². The first-order valence-corrected chi connectivity index (χ1v) is 6.93. The van der Waals surface area contributed by atoms with Gasteiger partial charge in [-0.3, -0.25) is 4.90 Å². The van der Waals surface area contributed by atoms with Gasteiger partial charge in [-0.2, -0.15) is 0 Å². The molecule has 4 heteroatoms. The van der Waals surface area contributed by atoms with Gasteiger partial charge < -0.3 is 4.74 Å². The summed E-state index contributed by atoms with van der Waals surface area (Å²) in [6.07, 6.45) is 1.24. The van der Waals surface area contributed by atoms with Crippen molar-refractivity contribution in [2.75, 3.05) is 11.4 Å². The number of nitrogens with zero attached hydrogens (tertiary/aromatic N) is 1. The van der Waals surface area contributed by atoms with Crippen molar-refractivity contribution in [1.29, 1.82) is 0 Å². The van der Waals surface area contributed by atoms with E-state index in [1.54, 1.807) is 30.3 Å². The average Bonchev–Trinajstić information content (AvgIpc) is 2.52. The monoisotopic (exact) mass is 301 g/mol. The van der Waals surface area contributed by atoms with Crippen molar-refractivity contribution >= 4 is 23.4 Å². The number of hydrogen-bond donors (Lipinski definition) is 0. The molecule has 0 aromatic heterocycles. The van der Waals surface area contributed by atoms with Crippen molar-refractivity contribution in [3.8, 4) is 0 Å². The topological polar surface area (TPSA) is 29.5 Å². The predicted octanol–water partition coefficient (Wildman–Crippen LogP) is 4.67. The highest BCUT2D eigenvalue weighted by molar-refractivity contribution is 6.30. The Balaban J connectivity index is 2.05. The molecule has 21 heavy (non-hydrogen) atoms. The third-order valence-electron chi connectivity index (χ3n) is 2.88. The lowest BCUT2D eigenvalue weighted by Gasteiger charge is -2.20. The van der Waals surface area contributed by atoms with Crippen molar-refractivity contribution in [2.45, 2.75) is 6.61 Å². The molecule has 0 spiro atoms. The molecule has 3 nitrogen and oxygen atoms in total. The SMILES string of the molecule is C=CCN(C(=O)OCc1ccccc1)c1ccc(Cl)cc1. The lowest BCUT2D eigenvalue weighted by Crippen LogP contribution is -2.31. The fraction of sp³-hybridized carbons (Fsp3) is 0.118. The van der Waals surface area contributed by atoms with Gasteiger partial charge in [0.1, 0.15) is 6.61 Å². The van der Waals surface area contributed by atoms with E-state index in [9.17, 15) is 4.79 Å². The van der Waals surface area contributed by atoms with Crippen molar-refractivity contribution < 1.29 is 9.53 Å². The molecule has 0 fully saturated rings. The molecule has 0 unspecified atom stereocenters. The molecule has 0 N–H and O–H groups in total. The number of ether oxygens (including phenoxy) is 1. The van der Waals surface area contributed by atoms with Gasteiger partial charge in [-0.25, -0.2) is 4.79 Å². The molecule has 0 radical (unpaired) electrons. The molecule has 1 amide bonds. The van der Waals surface area contributed by atoms with E-state index in [1.165, 1.54) is 4.90 Å². The summed E-state index contributed by atoms with van der Waals surface area (Å²) < 4.78 is 5.33. The Bertz CT molecular complexity index is 596. The molecule has 0 atom stereocenters. The van der Waals surface area contributed by atoms with Crippen LogP contribution in [-0.4, -0.2) is 12.6 Å². The minimum atomic E-state index is -0.416. The number of rotatable bonds is 5. The van der Waals surface area contributed by atoms with Gasteiger partial charge in [0.15, 0.2) is 0 Å². The predicted molar refractivity (Wildman–Crippen MR) is 85.6 cm³/mol. The molecule has 0 bridgehead atoms. The number of hydrogen-bond acceptors (Lipinski definition) is 2. The number of carbonyl (C=O) groups excluding carboxylic acids is 1. The van der Waals surface area contributed by atoms with E-state index in [0.29, 0.717) is 11.6 Å². The van der Waals surface area contributed by atoms with Crippen molar-refractivity contribution in [3.63, 3.8) is 0 Å². The van der Waals surface area contributed by atoms with E-state index in [0.717, 1.165) is 11.3 Å². The van der Waals surface area contributed by atoms with Crippen LogP contribution in [0.25, 0.3) is 0 Å². The summed E-state index contributed by atoms with van der Waals surface area (Å²) in [7, 11) is 0. The van der Waals surface area contributed by atoms with Crippen LogP contribution in [0.1, 0.15) is 5.56 Å². The highest BCUT2D eigenvalue weighted by atomic mass is 35.5. The highest BCUT2D eigenvalue weighted by Crippen LogP contribution is 2.19. The minimum Gasteiger partial charge on any atom is -0.444 e. The molecule has 0 saturated carbocycles. The van der Waals surface area contributed by atoms with Gasteiger partial charge in [0.25, 0.3) is 0 Å². The van der Waals surface area contributed by atoms with E-state index < -0.39 is 6.09 Å². The van der Waals surface area contributed by atoms with Gasteiger partial charge in [0.2, 0.25) is 0 Å². The molecule has 108 valence electrons. The Kier molecular flexibility index (Phi) is 5.41. The number of amides is 1. The Labute approximate surface area is 129 Å². The summed E-state index contributed by atoms with van der Waals surface area (Å²) in [5, 5.41) is 0.620. The van der Waals surface area contributed by atoms with Gasteiger partial charge >= 0.3 is 6.09 Å². The zero-order chi connectivity index (χ0) is 15.1. The van der Waals surface area contributed by atoms with Crippen molar-refractivity contribution in [1.82, 2.24) is 0 Å². The molecule has 0 aliphatic rings. The fourth-order valence-electron chi connectivity index (χ4n) is 1.83. The van der Waals surface area contributed by atoms with E-state index in [-0.39, 0.29) is 6.61 Å². The maximum atomic E-state index is 12.2. The summed E-state index contributed by atoms with van der Waals surface area (Å²) in [6.45, 7) is 4.28. The molecule has 0 saturated heterocycles. The summed E-state index contributed by atoms with van der Waals surface area (Å²) in [5.74, 6) is 0. The van der Waals surface area contributed by atoms with Crippen LogP contribution < -0.4 is 4.90 Å². The summed E-state index contributed by atoms with van der Waals surface area (Å²) in [6, 6.07) is 16.6. The van der Waals surface area contributed by atoms with E-state index in [2.05, 4.69) is 6.58 Å². The van der Waals surface area contributed by atoms with Gasteiger partial charge in [0, 0.05) is 17.3 Å². The number of halogens is 1. The first-order chi connectivity index (χ1) is 10.2. The highest BCUT2D eigenvalue weighted by Gasteiger charge is 2.15. The zero-order valence-electron chi connectivity index (χ0n) is 11.5. The average molecular weight is 302 g/mol. The molecule has 0 aliphatic heterocycles. The van der Waals surface area contributed by atoms with Crippen LogP contribution in [0, 0.1) is 0 Å². The van der Waals surface area contributed by atoms with Crippen molar-refractivity contribution in [3.05, 3.63) is 77.8 Å². The molecular formula is C17H16ClNO2. The Morgan fingerprint density at radius 1 is 1.14 bits per heavy atom. The number of anilines is 1. The minimum absolute atomic E-state index is 0.237. The third kappa shape index (κ3) is 4.36. The fourth-order valence-corrected chi connectivity index (χ4v) is 1.96. The van der Waals surface area contributed by atoms with Gasteiger partial charge in [-0.15, -0.1) is 6.58 Å². The van der Waals surface area contributed by atoms with Crippen LogP contribution >= 0.6 is 11.6 Å². The van der Waals surface area contributed by atoms with Crippen LogP contribution in [0.5, 0.6) is 0 Å². The van der Waals surface area contributed by atoms with Gasteiger partial charge in [-0.1, -0.05) is 48.0 Å². The Morgan fingerprint density at radius 2 is 1.81 bits per heavy atom. The first kappa shape index (κ1) is 15.1. The zero-order valence-corrected chi connectivity index (χ0v) is 12.3. The Morgan fingerprint density at radius 3 is 2.43 bits per heavy atom. The third-order valence-corrected chi connectivity index (χ3v) is 3.13. The summed E-state index contributed by atoms with van der Waals surface area (Å²) >= 11 is 5.86. The number of carbonyl (C=O) groups is 1. The van der Waals surface area contributed by atoms with Crippen LogP contribution in [0.4, 0.5) is 10.5 Å².